The van der Waals surface area contributed by atoms with Gasteiger partial charge >= 0.3 is 6.18 Å². The molecule has 2 aromatic rings. The van der Waals surface area contributed by atoms with Crippen molar-refractivity contribution in [3.8, 4) is 6.07 Å². The van der Waals surface area contributed by atoms with Crippen LogP contribution in [0.1, 0.15) is 16.7 Å². The van der Waals surface area contributed by atoms with Crippen LogP contribution in [0.2, 0.25) is 0 Å². The molecule has 0 aliphatic heterocycles. The van der Waals surface area contributed by atoms with E-state index in [2.05, 4.69) is 5.32 Å². The van der Waals surface area contributed by atoms with E-state index in [9.17, 15) is 32.6 Å². The first-order chi connectivity index (χ1) is 15.7. The number of hydrogen-bond donors (Lipinski definition) is 1. The summed E-state index contributed by atoms with van der Waals surface area (Å²) >= 11 is 0. The van der Waals surface area contributed by atoms with Crippen molar-refractivity contribution >= 4 is 30.3 Å². The number of hydrogen-bond acceptors (Lipinski definition) is 4. The number of nitrogens with zero attached hydrogens (tertiary/aromatic N) is 2. The molecule has 0 unspecified atom stereocenters. The third-order valence-corrected chi connectivity index (χ3v) is 6.51. The molecule has 0 heterocycles. The van der Waals surface area contributed by atoms with Crippen LogP contribution in [0.15, 0.2) is 54.1 Å². The molecule has 0 saturated carbocycles. The zero-order chi connectivity index (χ0) is 25.7. The number of amides is 2. The second-order valence-corrected chi connectivity index (χ2v) is 11.4. The van der Waals surface area contributed by atoms with Gasteiger partial charge in [0.2, 0.25) is 5.91 Å². The Labute approximate surface area is 196 Å². The Bertz CT molecular complexity index is 1180. The summed E-state index contributed by atoms with van der Waals surface area (Å²) in [6.45, 7) is 3.14. The minimum atomic E-state index is -4.49. The Kier molecular flexibility index (Phi) is 8.46. The van der Waals surface area contributed by atoms with Crippen LogP contribution < -0.4 is 10.6 Å². The highest BCUT2D eigenvalue weighted by molar-refractivity contribution is 7.70. The van der Waals surface area contributed by atoms with Crippen molar-refractivity contribution < 1.29 is 27.3 Å². The SMILES string of the molecule is CN(C)C(=O)[C@H](Cc1ccc(C(F)(F)F)cc1)NC(=O)/C(C#N)=C/c1ccccc1P(C)(C)=O. The van der Waals surface area contributed by atoms with Crippen molar-refractivity contribution in [2.75, 3.05) is 27.4 Å². The lowest BCUT2D eigenvalue weighted by molar-refractivity contribution is -0.137. The average molecular weight is 491 g/mol. The Hall–Kier alpha value is -3.37. The van der Waals surface area contributed by atoms with Gasteiger partial charge in [0.15, 0.2) is 0 Å². The first-order valence-electron chi connectivity index (χ1n) is 10.2. The van der Waals surface area contributed by atoms with Gasteiger partial charge < -0.3 is 14.8 Å². The fourth-order valence-corrected chi connectivity index (χ4v) is 4.42. The number of nitrogens with one attached hydrogen (secondary N) is 1. The molecule has 0 radical (unpaired) electrons. The average Bonchev–Trinajstić information content (AvgIpc) is 2.75. The number of likely N-dealkylation sites (N-methyl/N-ethyl adjacent to an activating group) is 1. The van der Waals surface area contributed by atoms with E-state index in [0.717, 1.165) is 12.1 Å². The van der Waals surface area contributed by atoms with Gasteiger partial charge in [-0.2, -0.15) is 18.4 Å². The lowest BCUT2D eigenvalue weighted by Crippen LogP contribution is -2.47. The van der Waals surface area contributed by atoms with Gasteiger partial charge in [-0.15, -0.1) is 0 Å². The highest BCUT2D eigenvalue weighted by Crippen LogP contribution is 2.36. The smallest absolute Gasteiger partial charge is 0.347 e. The molecule has 6 nitrogen and oxygen atoms in total. The number of rotatable bonds is 7. The molecular weight excluding hydrogens is 466 g/mol. The van der Waals surface area contributed by atoms with Gasteiger partial charge in [0.25, 0.3) is 5.91 Å². The van der Waals surface area contributed by atoms with Crippen molar-refractivity contribution in [3.05, 3.63) is 70.8 Å². The second-order valence-electron chi connectivity index (χ2n) is 8.24. The lowest BCUT2D eigenvalue weighted by Gasteiger charge is -2.22. The molecule has 0 saturated heterocycles. The van der Waals surface area contributed by atoms with E-state index >= 15 is 0 Å². The van der Waals surface area contributed by atoms with Crippen LogP contribution in [0.5, 0.6) is 0 Å². The van der Waals surface area contributed by atoms with Crippen molar-refractivity contribution in [1.82, 2.24) is 10.2 Å². The van der Waals surface area contributed by atoms with Gasteiger partial charge in [0.1, 0.15) is 24.8 Å². The van der Waals surface area contributed by atoms with Crippen LogP contribution in [0.3, 0.4) is 0 Å². The summed E-state index contributed by atoms with van der Waals surface area (Å²) in [5.41, 5.74) is -0.279. The summed E-state index contributed by atoms with van der Waals surface area (Å²) in [4.78, 5) is 26.8. The molecule has 2 aromatic carbocycles. The normalized spacial score (nSPS) is 13.1. The van der Waals surface area contributed by atoms with Gasteiger partial charge in [-0.3, -0.25) is 9.59 Å². The molecule has 0 spiro atoms. The van der Waals surface area contributed by atoms with Crippen LogP contribution in [0, 0.1) is 11.3 Å². The molecule has 0 bridgehead atoms. The van der Waals surface area contributed by atoms with Crippen molar-refractivity contribution in [2.45, 2.75) is 18.6 Å². The number of benzene rings is 2. The first kappa shape index (κ1) is 26.9. The molecule has 180 valence electrons. The third kappa shape index (κ3) is 7.06. The van der Waals surface area contributed by atoms with E-state index in [1.54, 1.807) is 43.7 Å². The van der Waals surface area contributed by atoms with E-state index in [1.807, 2.05) is 0 Å². The maximum absolute atomic E-state index is 12.9. The van der Waals surface area contributed by atoms with Crippen molar-refractivity contribution in [1.29, 1.82) is 5.26 Å². The quantitative estimate of drug-likeness (QED) is 0.364. The van der Waals surface area contributed by atoms with Crippen LogP contribution in [0.25, 0.3) is 6.08 Å². The molecule has 34 heavy (non-hydrogen) atoms. The van der Waals surface area contributed by atoms with E-state index in [4.69, 9.17) is 0 Å². The van der Waals surface area contributed by atoms with Crippen LogP contribution in [-0.2, 0) is 26.8 Å². The fraction of sp³-hybridized carbons (Fsp3) is 0.292. The number of nitriles is 1. The van der Waals surface area contributed by atoms with Gasteiger partial charge in [0.05, 0.1) is 5.56 Å². The maximum atomic E-state index is 12.9. The number of halogens is 3. The summed E-state index contributed by atoms with van der Waals surface area (Å²) in [7, 11) is 0.258. The molecule has 2 amide bonds. The van der Waals surface area contributed by atoms with Crippen LogP contribution in [0.4, 0.5) is 13.2 Å². The van der Waals surface area contributed by atoms with E-state index in [1.165, 1.54) is 37.2 Å². The molecule has 1 atom stereocenters. The van der Waals surface area contributed by atoms with Crippen molar-refractivity contribution in [2.24, 2.45) is 0 Å². The molecule has 0 aliphatic carbocycles. The molecular formula is C24H25F3N3O3P. The first-order valence-corrected chi connectivity index (χ1v) is 12.8. The summed E-state index contributed by atoms with van der Waals surface area (Å²) in [5.74, 6) is -1.32. The van der Waals surface area contributed by atoms with E-state index in [-0.39, 0.29) is 12.0 Å². The molecule has 2 rings (SSSR count). The predicted octanol–water partition coefficient (Wildman–Crippen LogP) is 3.68. The minimum Gasteiger partial charge on any atom is -0.347 e. The number of alkyl halides is 3. The topological polar surface area (TPSA) is 90.3 Å². The van der Waals surface area contributed by atoms with E-state index in [0.29, 0.717) is 16.4 Å². The standard InChI is InChI=1S/C24H25F3N3O3P/c1-30(2)23(32)20(13-16-9-11-19(12-10-16)24(25,26)27)29-22(31)18(15-28)14-17-7-5-6-8-21(17)34(3,4)33/h5-12,14,20H,13H2,1-4H3,(H,29,31)/b18-14+/t20-/m0/s1. The van der Waals surface area contributed by atoms with Crippen molar-refractivity contribution in [3.63, 3.8) is 0 Å². The Morgan fingerprint density at radius 1 is 1.12 bits per heavy atom. The van der Waals surface area contributed by atoms with Gasteiger partial charge in [-0.25, -0.2) is 0 Å². The molecule has 0 aliphatic rings. The zero-order valence-corrected chi connectivity index (χ0v) is 20.1. The van der Waals surface area contributed by atoms with Crippen LogP contribution in [-0.4, -0.2) is 50.2 Å². The predicted molar refractivity (Wildman–Crippen MR) is 125 cm³/mol. The monoisotopic (exact) mass is 491 g/mol. The Balaban J connectivity index is 2.33. The maximum Gasteiger partial charge on any atom is 0.416 e. The third-order valence-electron chi connectivity index (χ3n) is 4.95. The highest BCUT2D eigenvalue weighted by Gasteiger charge is 2.30. The lowest BCUT2D eigenvalue weighted by atomic mass is 10.0. The molecule has 0 aromatic heterocycles. The fourth-order valence-electron chi connectivity index (χ4n) is 3.22. The second kappa shape index (κ2) is 10.7. The number of carbonyl (C=O) groups excluding carboxylic acids is 2. The summed E-state index contributed by atoms with van der Waals surface area (Å²) < 4.78 is 51.0. The van der Waals surface area contributed by atoms with E-state index < -0.39 is 36.7 Å². The summed E-state index contributed by atoms with van der Waals surface area (Å²) in [6.07, 6.45) is -3.26. The van der Waals surface area contributed by atoms with Crippen LogP contribution >= 0.6 is 7.14 Å². The van der Waals surface area contributed by atoms with Gasteiger partial charge in [-0.05, 0) is 42.7 Å². The van der Waals surface area contributed by atoms with Gasteiger partial charge in [0, 0.05) is 25.8 Å². The summed E-state index contributed by atoms with van der Waals surface area (Å²) in [6, 6.07) is 11.6. The molecule has 1 N–H and O–H groups in total. The Morgan fingerprint density at radius 3 is 2.21 bits per heavy atom. The Morgan fingerprint density at radius 2 is 1.71 bits per heavy atom. The van der Waals surface area contributed by atoms with Gasteiger partial charge in [-0.1, -0.05) is 36.4 Å². The largest absolute Gasteiger partial charge is 0.416 e. The molecule has 10 heteroatoms. The zero-order valence-electron chi connectivity index (χ0n) is 19.2. The number of carbonyl (C=O) groups is 2. The minimum absolute atomic E-state index is 0.0741. The molecule has 0 fully saturated rings. The highest BCUT2D eigenvalue weighted by atomic mass is 31.2. The summed E-state index contributed by atoms with van der Waals surface area (Å²) in [5, 5.41) is 12.6.